The Bertz CT molecular complexity index is 1380. The van der Waals surface area contributed by atoms with Crippen molar-refractivity contribution < 1.29 is 28.3 Å². The van der Waals surface area contributed by atoms with Gasteiger partial charge in [0.05, 0.1) is 24.1 Å². The van der Waals surface area contributed by atoms with Gasteiger partial charge in [-0.2, -0.15) is 4.68 Å². The molecule has 0 saturated heterocycles. The zero-order valence-electron chi connectivity index (χ0n) is 19.2. The number of amides is 1. The average Bonchev–Trinajstić information content (AvgIpc) is 3.59. The van der Waals surface area contributed by atoms with Crippen LogP contribution in [0.2, 0.25) is 0 Å². The quantitative estimate of drug-likeness (QED) is 0.278. The summed E-state index contributed by atoms with van der Waals surface area (Å²) in [6, 6.07) is 18.7. The van der Waals surface area contributed by atoms with Crippen LogP contribution in [0.15, 0.2) is 77.4 Å². The number of hydrogen-bond donors (Lipinski definition) is 1. The summed E-state index contributed by atoms with van der Waals surface area (Å²) in [5.74, 6) is -1.47. The molecule has 0 radical (unpaired) electrons. The molecular weight excluding hydrogens is 466 g/mol. The van der Waals surface area contributed by atoms with Crippen molar-refractivity contribution in [1.82, 2.24) is 20.2 Å². The molecule has 36 heavy (non-hydrogen) atoms. The molecule has 2 heterocycles. The Morgan fingerprint density at radius 1 is 1.00 bits per heavy atom. The number of tetrazole rings is 1. The summed E-state index contributed by atoms with van der Waals surface area (Å²) in [6.45, 7) is 1.24. The standard InChI is InChI=1S/C25H21N5O6/c1-2-34-24(32)19-12-6-7-13-20(19)26-22(31)16-36-25(33)21(15-18-11-8-14-35-18)30-23(27-28-29-30)17-9-4-3-5-10-17/h3-15H,2,16H2,1H3,(H,26,31)/b21-15-. The SMILES string of the molecule is CCOC(=O)c1ccccc1NC(=O)COC(=O)/C(=C/c1ccco1)n1nnnc1-c1ccccc1. The Morgan fingerprint density at radius 2 is 1.78 bits per heavy atom. The van der Waals surface area contributed by atoms with Crippen LogP contribution in [0.3, 0.4) is 0 Å². The van der Waals surface area contributed by atoms with E-state index in [-0.39, 0.29) is 29.4 Å². The Hall–Kier alpha value is -5.06. The van der Waals surface area contributed by atoms with Gasteiger partial charge in [-0.05, 0) is 41.6 Å². The number of furan rings is 1. The molecule has 11 heteroatoms. The summed E-state index contributed by atoms with van der Waals surface area (Å²) in [6.07, 6.45) is 2.85. The van der Waals surface area contributed by atoms with E-state index in [9.17, 15) is 14.4 Å². The molecule has 0 unspecified atom stereocenters. The summed E-state index contributed by atoms with van der Waals surface area (Å²) in [4.78, 5) is 37.7. The van der Waals surface area contributed by atoms with E-state index in [4.69, 9.17) is 13.9 Å². The smallest absolute Gasteiger partial charge is 0.357 e. The van der Waals surface area contributed by atoms with Gasteiger partial charge in [-0.1, -0.05) is 42.5 Å². The zero-order chi connectivity index (χ0) is 25.3. The third kappa shape index (κ3) is 5.70. The molecule has 2 aromatic heterocycles. The van der Waals surface area contributed by atoms with Crippen molar-refractivity contribution in [3.8, 4) is 11.4 Å². The molecule has 11 nitrogen and oxygen atoms in total. The molecule has 0 aliphatic carbocycles. The fraction of sp³-hybridized carbons (Fsp3) is 0.120. The lowest BCUT2D eigenvalue weighted by atomic mass is 10.2. The Kier molecular flexibility index (Phi) is 7.61. The van der Waals surface area contributed by atoms with Gasteiger partial charge in [0.15, 0.2) is 18.1 Å². The van der Waals surface area contributed by atoms with E-state index in [1.807, 2.05) is 6.07 Å². The van der Waals surface area contributed by atoms with Gasteiger partial charge in [-0.3, -0.25) is 4.79 Å². The highest BCUT2D eigenvalue weighted by Crippen LogP contribution is 2.21. The predicted molar refractivity (Wildman–Crippen MR) is 128 cm³/mol. The van der Waals surface area contributed by atoms with Crippen molar-refractivity contribution in [3.05, 3.63) is 84.3 Å². The maximum atomic E-state index is 13.1. The summed E-state index contributed by atoms with van der Waals surface area (Å²) >= 11 is 0. The largest absolute Gasteiger partial charge is 0.465 e. The van der Waals surface area contributed by atoms with Gasteiger partial charge in [-0.25, -0.2) is 9.59 Å². The van der Waals surface area contributed by atoms with Gasteiger partial charge in [-0.15, -0.1) is 5.10 Å². The Morgan fingerprint density at radius 3 is 2.53 bits per heavy atom. The lowest BCUT2D eigenvalue weighted by Crippen LogP contribution is -2.24. The Balaban J connectivity index is 1.53. The highest BCUT2D eigenvalue weighted by molar-refractivity contribution is 6.16. The Labute approximate surface area is 205 Å². The van der Waals surface area contributed by atoms with E-state index in [1.54, 1.807) is 61.5 Å². The van der Waals surface area contributed by atoms with Crippen molar-refractivity contribution >= 4 is 35.3 Å². The van der Waals surface area contributed by atoms with E-state index >= 15 is 0 Å². The maximum Gasteiger partial charge on any atom is 0.357 e. The summed E-state index contributed by atoms with van der Waals surface area (Å²) < 4.78 is 16.8. The number of benzene rings is 2. The summed E-state index contributed by atoms with van der Waals surface area (Å²) in [5.41, 5.74) is 0.997. The number of nitrogens with zero attached hydrogens (tertiary/aromatic N) is 4. The van der Waals surface area contributed by atoms with Gasteiger partial charge < -0.3 is 19.2 Å². The second kappa shape index (κ2) is 11.4. The molecule has 0 aliphatic heterocycles. The zero-order valence-corrected chi connectivity index (χ0v) is 19.2. The minimum atomic E-state index is -0.871. The van der Waals surface area contributed by atoms with Crippen molar-refractivity contribution in [3.63, 3.8) is 0 Å². The molecule has 0 aliphatic rings. The second-order valence-electron chi connectivity index (χ2n) is 7.22. The fourth-order valence-corrected chi connectivity index (χ4v) is 3.20. The molecule has 0 fully saturated rings. The molecule has 182 valence electrons. The van der Waals surface area contributed by atoms with Crippen LogP contribution >= 0.6 is 0 Å². The molecule has 0 atom stereocenters. The van der Waals surface area contributed by atoms with Gasteiger partial charge in [0.25, 0.3) is 5.91 Å². The first-order valence-corrected chi connectivity index (χ1v) is 10.9. The third-order valence-corrected chi connectivity index (χ3v) is 4.79. The van der Waals surface area contributed by atoms with Crippen LogP contribution in [0.5, 0.6) is 0 Å². The first-order valence-electron chi connectivity index (χ1n) is 10.9. The van der Waals surface area contributed by atoms with Crippen LogP contribution in [0.1, 0.15) is 23.0 Å². The highest BCUT2D eigenvalue weighted by atomic mass is 16.5. The first kappa shape index (κ1) is 24.1. The van der Waals surface area contributed by atoms with Gasteiger partial charge in [0, 0.05) is 11.6 Å². The number of ether oxygens (including phenoxy) is 2. The average molecular weight is 487 g/mol. The predicted octanol–water partition coefficient (Wildman–Crippen LogP) is 3.29. The molecule has 2 aromatic carbocycles. The van der Waals surface area contributed by atoms with E-state index < -0.39 is 24.5 Å². The number of anilines is 1. The van der Waals surface area contributed by atoms with Gasteiger partial charge in [0.1, 0.15) is 5.76 Å². The minimum Gasteiger partial charge on any atom is -0.465 e. The van der Waals surface area contributed by atoms with Crippen molar-refractivity contribution in [2.45, 2.75) is 6.92 Å². The van der Waals surface area contributed by atoms with E-state index in [0.29, 0.717) is 11.3 Å². The molecule has 4 aromatic rings. The number of aromatic nitrogens is 4. The van der Waals surface area contributed by atoms with Crippen LogP contribution in [-0.2, 0) is 19.1 Å². The van der Waals surface area contributed by atoms with Crippen molar-refractivity contribution in [1.29, 1.82) is 0 Å². The van der Waals surface area contributed by atoms with Crippen LogP contribution in [0.25, 0.3) is 23.2 Å². The number of carbonyl (C=O) groups excluding carboxylic acids is 3. The highest BCUT2D eigenvalue weighted by Gasteiger charge is 2.22. The molecule has 1 amide bonds. The molecule has 0 bridgehead atoms. The molecule has 4 rings (SSSR count). The molecule has 0 saturated carbocycles. The van der Waals surface area contributed by atoms with Crippen molar-refractivity contribution in [2.24, 2.45) is 0 Å². The topological polar surface area (TPSA) is 138 Å². The number of nitrogens with one attached hydrogen (secondary N) is 1. The van der Waals surface area contributed by atoms with Crippen molar-refractivity contribution in [2.75, 3.05) is 18.5 Å². The first-order chi connectivity index (χ1) is 17.6. The number of rotatable bonds is 9. The normalized spacial score (nSPS) is 11.1. The molecule has 0 spiro atoms. The number of para-hydroxylation sites is 1. The van der Waals surface area contributed by atoms with E-state index in [0.717, 1.165) is 0 Å². The monoisotopic (exact) mass is 487 g/mol. The minimum absolute atomic E-state index is 0.0754. The summed E-state index contributed by atoms with van der Waals surface area (Å²) in [5, 5.41) is 14.2. The second-order valence-corrected chi connectivity index (χ2v) is 7.22. The third-order valence-electron chi connectivity index (χ3n) is 4.79. The van der Waals surface area contributed by atoms with Crippen LogP contribution in [-0.4, -0.2) is 51.3 Å². The lowest BCUT2D eigenvalue weighted by Gasteiger charge is -2.12. The van der Waals surface area contributed by atoms with Crippen LogP contribution in [0, 0.1) is 0 Å². The number of hydrogen-bond acceptors (Lipinski definition) is 9. The van der Waals surface area contributed by atoms with Crippen LogP contribution in [0.4, 0.5) is 5.69 Å². The lowest BCUT2D eigenvalue weighted by molar-refractivity contribution is -0.141. The van der Waals surface area contributed by atoms with E-state index in [2.05, 4.69) is 20.8 Å². The van der Waals surface area contributed by atoms with E-state index in [1.165, 1.54) is 23.1 Å². The molecular formula is C25H21N5O6. The van der Waals surface area contributed by atoms with Gasteiger partial charge in [0.2, 0.25) is 0 Å². The van der Waals surface area contributed by atoms with Crippen LogP contribution < -0.4 is 5.32 Å². The summed E-state index contributed by atoms with van der Waals surface area (Å²) in [7, 11) is 0. The van der Waals surface area contributed by atoms with Gasteiger partial charge >= 0.3 is 11.9 Å². The number of esters is 2. The number of carbonyl (C=O) groups is 3. The fourth-order valence-electron chi connectivity index (χ4n) is 3.20. The maximum absolute atomic E-state index is 13.1. The molecule has 1 N–H and O–H groups in total.